The summed E-state index contributed by atoms with van der Waals surface area (Å²) in [6.07, 6.45) is 4.86. The maximum absolute atomic E-state index is 11.8. The molecule has 0 spiro atoms. The molecule has 2 rings (SSSR count). The summed E-state index contributed by atoms with van der Waals surface area (Å²) in [6, 6.07) is 5.89. The molecule has 1 aliphatic rings. The number of amides is 1. The lowest BCUT2D eigenvalue weighted by atomic mass is 10.2. The van der Waals surface area contributed by atoms with E-state index >= 15 is 0 Å². The van der Waals surface area contributed by atoms with Gasteiger partial charge < -0.3 is 10.6 Å². The molecule has 0 unspecified atom stereocenters. The van der Waals surface area contributed by atoms with Gasteiger partial charge >= 0.3 is 0 Å². The van der Waals surface area contributed by atoms with Gasteiger partial charge in [0.1, 0.15) is 0 Å². The number of halogens is 2. The standard InChI is InChI=1S/C13H16BrClN2O/c14-9-5-6-11(15)12(7-9)17-13(18)8-16-10-3-1-2-4-10/h5-7,10,16H,1-4,8H2,(H,17,18). The highest BCUT2D eigenvalue weighted by atomic mass is 79.9. The summed E-state index contributed by atoms with van der Waals surface area (Å²) in [7, 11) is 0. The molecule has 0 radical (unpaired) electrons. The molecule has 18 heavy (non-hydrogen) atoms. The fraction of sp³-hybridized carbons (Fsp3) is 0.462. The van der Waals surface area contributed by atoms with E-state index in [-0.39, 0.29) is 5.91 Å². The lowest BCUT2D eigenvalue weighted by molar-refractivity contribution is -0.115. The van der Waals surface area contributed by atoms with Gasteiger partial charge in [0.2, 0.25) is 5.91 Å². The normalized spacial score (nSPS) is 15.9. The number of rotatable bonds is 4. The van der Waals surface area contributed by atoms with Crippen molar-refractivity contribution in [2.45, 2.75) is 31.7 Å². The van der Waals surface area contributed by atoms with Crippen molar-refractivity contribution in [3.63, 3.8) is 0 Å². The molecule has 1 aromatic carbocycles. The van der Waals surface area contributed by atoms with Crippen LogP contribution in [0.4, 0.5) is 5.69 Å². The molecular formula is C13H16BrClN2O. The number of anilines is 1. The first-order valence-electron chi connectivity index (χ1n) is 6.13. The Balaban J connectivity index is 1.84. The molecular weight excluding hydrogens is 316 g/mol. The first-order chi connectivity index (χ1) is 8.65. The van der Waals surface area contributed by atoms with Crippen molar-refractivity contribution in [3.8, 4) is 0 Å². The van der Waals surface area contributed by atoms with Gasteiger partial charge in [-0.3, -0.25) is 4.79 Å². The fourth-order valence-corrected chi connectivity index (χ4v) is 2.68. The minimum atomic E-state index is -0.0538. The van der Waals surface area contributed by atoms with Crippen molar-refractivity contribution in [2.24, 2.45) is 0 Å². The number of hydrogen-bond acceptors (Lipinski definition) is 2. The van der Waals surface area contributed by atoms with E-state index < -0.39 is 0 Å². The van der Waals surface area contributed by atoms with Crippen LogP contribution in [0.3, 0.4) is 0 Å². The molecule has 98 valence electrons. The van der Waals surface area contributed by atoms with Gasteiger partial charge in [-0.2, -0.15) is 0 Å². The van der Waals surface area contributed by atoms with Gasteiger partial charge in [-0.05, 0) is 31.0 Å². The Morgan fingerprint density at radius 2 is 2.11 bits per heavy atom. The smallest absolute Gasteiger partial charge is 0.238 e. The summed E-state index contributed by atoms with van der Waals surface area (Å²) in [4.78, 5) is 11.8. The molecule has 1 saturated carbocycles. The van der Waals surface area contributed by atoms with Crippen molar-refractivity contribution in [1.29, 1.82) is 0 Å². The van der Waals surface area contributed by atoms with E-state index in [4.69, 9.17) is 11.6 Å². The fourth-order valence-electron chi connectivity index (χ4n) is 2.15. The Kier molecular flexibility index (Phi) is 5.03. The Morgan fingerprint density at radius 3 is 2.83 bits per heavy atom. The second-order valence-electron chi connectivity index (χ2n) is 4.53. The molecule has 1 aromatic rings. The molecule has 2 N–H and O–H groups in total. The highest BCUT2D eigenvalue weighted by molar-refractivity contribution is 9.10. The van der Waals surface area contributed by atoms with Gasteiger partial charge in [0.15, 0.2) is 0 Å². The van der Waals surface area contributed by atoms with Crippen LogP contribution in [0.15, 0.2) is 22.7 Å². The van der Waals surface area contributed by atoms with Crippen LogP contribution < -0.4 is 10.6 Å². The molecule has 0 atom stereocenters. The van der Waals surface area contributed by atoms with Gasteiger partial charge in [0, 0.05) is 10.5 Å². The maximum Gasteiger partial charge on any atom is 0.238 e. The largest absolute Gasteiger partial charge is 0.324 e. The van der Waals surface area contributed by atoms with Gasteiger partial charge in [0.05, 0.1) is 17.3 Å². The number of hydrogen-bond donors (Lipinski definition) is 2. The van der Waals surface area contributed by atoms with E-state index in [1.54, 1.807) is 12.1 Å². The van der Waals surface area contributed by atoms with Gasteiger partial charge in [-0.25, -0.2) is 0 Å². The number of benzene rings is 1. The second kappa shape index (κ2) is 6.55. The van der Waals surface area contributed by atoms with Crippen molar-refractivity contribution < 1.29 is 4.79 Å². The molecule has 0 bridgehead atoms. The molecule has 1 amide bonds. The minimum absolute atomic E-state index is 0.0538. The molecule has 3 nitrogen and oxygen atoms in total. The average molecular weight is 332 g/mol. The van der Waals surface area contributed by atoms with Crippen LogP contribution >= 0.6 is 27.5 Å². The topological polar surface area (TPSA) is 41.1 Å². The van der Waals surface area contributed by atoms with Gasteiger partial charge in [-0.15, -0.1) is 0 Å². The Morgan fingerprint density at radius 1 is 1.39 bits per heavy atom. The highest BCUT2D eigenvalue weighted by Gasteiger charge is 2.15. The summed E-state index contributed by atoms with van der Waals surface area (Å²) in [5.41, 5.74) is 0.643. The van der Waals surface area contributed by atoms with E-state index in [9.17, 15) is 4.79 Å². The van der Waals surface area contributed by atoms with Crippen LogP contribution in [-0.2, 0) is 4.79 Å². The number of carbonyl (C=O) groups excluding carboxylic acids is 1. The van der Waals surface area contributed by atoms with E-state index in [1.165, 1.54) is 25.7 Å². The average Bonchev–Trinajstić information content (AvgIpc) is 2.84. The third kappa shape index (κ3) is 3.97. The van der Waals surface area contributed by atoms with Crippen LogP contribution in [-0.4, -0.2) is 18.5 Å². The summed E-state index contributed by atoms with van der Waals surface area (Å²) in [6.45, 7) is 0.341. The first-order valence-corrected chi connectivity index (χ1v) is 7.30. The van der Waals surface area contributed by atoms with Crippen molar-refractivity contribution >= 4 is 39.1 Å². The lowest BCUT2D eigenvalue weighted by Crippen LogP contribution is -2.34. The molecule has 1 aliphatic carbocycles. The van der Waals surface area contributed by atoms with E-state index in [0.717, 1.165) is 4.47 Å². The Labute approximate surface area is 120 Å². The minimum Gasteiger partial charge on any atom is -0.324 e. The quantitative estimate of drug-likeness (QED) is 0.885. The Hall–Kier alpha value is -0.580. The summed E-state index contributed by atoms with van der Waals surface area (Å²) >= 11 is 9.37. The SMILES string of the molecule is O=C(CNC1CCCC1)Nc1cc(Br)ccc1Cl. The lowest BCUT2D eigenvalue weighted by Gasteiger charge is -2.12. The zero-order valence-corrected chi connectivity index (χ0v) is 12.4. The van der Waals surface area contributed by atoms with Crippen LogP contribution in [0.1, 0.15) is 25.7 Å². The number of nitrogens with one attached hydrogen (secondary N) is 2. The van der Waals surface area contributed by atoms with Crippen LogP contribution in [0.2, 0.25) is 5.02 Å². The molecule has 0 aliphatic heterocycles. The highest BCUT2D eigenvalue weighted by Crippen LogP contribution is 2.25. The summed E-state index contributed by atoms with van der Waals surface area (Å²) in [5, 5.41) is 6.63. The van der Waals surface area contributed by atoms with Gasteiger partial charge in [-0.1, -0.05) is 40.4 Å². The van der Waals surface area contributed by atoms with Gasteiger partial charge in [0.25, 0.3) is 0 Å². The predicted molar refractivity (Wildman–Crippen MR) is 78.0 cm³/mol. The van der Waals surface area contributed by atoms with Crippen molar-refractivity contribution in [3.05, 3.63) is 27.7 Å². The summed E-state index contributed by atoms with van der Waals surface area (Å²) < 4.78 is 0.894. The molecule has 5 heteroatoms. The van der Waals surface area contributed by atoms with Crippen LogP contribution in [0.5, 0.6) is 0 Å². The number of carbonyl (C=O) groups is 1. The van der Waals surface area contributed by atoms with E-state index in [0.29, 0.717) is 23.3 Å². The molecule has 0 aromatic heterocycles. The van der Waals surface area contributed by atoms with Crippen LogP contribution in [0.25, 0.3) is 0 Å². The van der Waals surface area contributed by atoms with E-state index in [2.05, 4.69) is 26.6 Å². The second-order valence-corrected chi connectivity index (χ2v) is 5.86. The third-order valence-electron chi connectivity index (χ3n) is 3.11. The molecule has 0 heterocycles. The third-order valence-corrected chi connectivity index (χ3v) is 3.93. The Bertz CT molecular complexity index is 433. The van der Waals surface area contributed by atoms with Crippen molar-refractivity contribution in [1.82, 2.24) is 5.32 Å². The predicted octanol–water partition coefficient (Wildman–Crippen LogP) is 3.57. The van der Waals surface area contributed by atoms with Crippen molar-refractivity contribution in [2.75, 3.05) is 11.9 Å². The zero-order valence-electron chi connectivity index (χ0n) is 10.0. The molecule has 1 fully saturated rings. The monoisotopic (exact) mass is 330 g/mol. The zero-order chi connectivity index (χ0) is 13.0. The first kappa shape index (κ1) is 13.8. The van der Waals surface area contributed by atoms with Crippen LogP contribution in [0, 0.1) is 0 Å². The van der Waals surface area contributed by atoms with E-state index in [1.807, 2.05) is 6.07 Å². The maximum atomic E-state index is 11.8. The molecule has 0 saturated heterocycles. The summed E-state index contributed by atoms with van der Waals surface area (Å²) in [5.74, 6) is -0.0538.